The van der Waals surface area contributed by atoms with Crippen LogP contribution in [-0.4, -0.2) is 49.8 Å². The lowest BCUT2D eigenvalue weighted by molar-refractivity contribution is -0.127. The summed E-state index contributed by atoms with van der Waals surface area (Å²) in [6.45, 7) is 3.97. The first-order chi connectivity index (χ1) is 15.8. The summed E-state index contributed by atoms with van der Waals surface area (Å²) in [5, 5.41) is 5.99. The lowest BCUT2D eigenvalue weighted by Crippen LogP contribution is -2.45. The van der Waals surface area contributed by atoms with Gasteiger partial charge in [-0.3, -0.25) is 9.59 Å². The maximum Gasteiger partial charge on any atom is 0.265 e. The van der Waals surface area contributed by atoms with E-state index in [1.165, 1.54) is 29.6 Å². The standard InChI is InChI=1S/C24H35N3O5S/c1-16-14-20-21(32-17(2)23(28)26-20)15-22(16)33(30,31)27-12-10-18(11-13-27)24(29)25-19-8-6-4-3-5-7-9-19/h14-15,17-19H,3-13H2,1-2H3,(H,25,29)(H,26,28)/t17-/m1/s1. The Morgan fingerprint density at radius 1 is 1.06 bits per heavy atom. The number of rotatable bonds is 4. The molecule has 2 amide bonds. The average Bonchev–Trinajstić information content (AvgIpc) is 2.76. The minimum Gasteiger partial charge on any atom is -0.479 e. The van der Waals surface area contributed by atoms with E-state index in [0.717, 1.165) is 25.7 Å². The van der Waals surface area contributed by atoms with Crippen molar-refractivity contribution in [1.29, 1.82) is 0 Å². The fourth-order valence-corrected chi connectivity index (χ4v) is 6.73. The second-order valence-electron chi connectivity index (χ2n) is 9.59. The molecule has 0 radical (unpaired) electrons. The van der Waals surface area contributed by atoms with Crippen LogP contribution >= 0.6 is 0 Å². The minimum absolute atomic E-state index is 0.0701. The van der Waals surface area contributed by atoms with Gasteiger partial charge in [-0.2, -0.15) is 4.31 Å². The van der Waals surface area contributed by atoms with Crippen molar-refractivity contribution < 1.29 is 22.7 Å². The Hall–Kier alpha value is -2.13. The van der Waals surface area contributed by atoms with Crippen LogP contribution < -0.4 is 15.4 Å². The van der Waals surface area contributed by atoms with Gasteiger partial charge in [0.25, 0.3) is 5.91 Å². The summed E-state index contributed by atoms with van der Waals surface area (Å²) in [5.41, 5.74) is 1.04. The van der Waals surface area contributed by atoms with Crippen molar-refractivity contribution in [2.45, 2.75) is 88.7 Å². The fraction of sp³-hybridized carbons (Fsp3) is 0.667. The number of sulfonamides is 1. The largest absolute Gasteiger partial charge is 0.479 e. The Balaban J connectivity index is 1.39. The quantitative estimate of drug-likeness (QED) is 0.692. The molecule has 1 saturated carbocycles. The number of amides is 2. The zero-order chi connectivity index (χ0) is 23.6. The van der Waals surface area contributed by atoms with Gasteiger partial charge in [0.2, 0.25) is 15.9 Å². The number of piperidine rings is 1. The van der Waals surface area contributed by atoms with Gasteiger partial charge < -0.3 is 15.4 Å². The molecule has 33 heavy (non-hydrogen) atoms. The van der Waals surface area contributed by atoms with Crippen LogP contribution in [0, 0.1) is 12.8 Å². The number of carbonyl (C=O) groups is 2. The first-order valence-corrected chi connectivity index (χ1v) is 13.6. The van der Waals surface area contributed by atoms with Crippen molar-refractivity contribution in [2.75, 3.05) is 18.4 Å². The molecule has 0 bridgehead atoms. The third-order valence-electron chi connectivity index (χ3n) is 7.10. The Labute approximate surface area is 196 Å². The number of hydrogen-bond acceptors (Lipinski definition) is 5. The van der Waals surface area contributed by atoms with Crippen LogP contribution in [-0.2, 0) is 19.6 Å². The Bertz CT molecular complexity index is 994. The molecule has 3 aliphatic rings. The van der Waals surface area contributed by atoms with Crippen LogP contribution in [0.5, 0.6) is 5.75 Å². The van der Waals surface area contributed by atoms with E-state index < -0.39 is 16.1 Å². The van der Waals surface area contributed by atoms with E-state index in [1.54, 1.807) is 19.9 Å². The second-order valence-corrected chi connectivity index (χ2v) is 11.5. The van der Waals surface area contributed by atoms with Gasteiger partial charge in [-0.25, -0.2) is 8.42 Å². The highest BCUT2D eigenvalue weighted by Crippen LogP contribution is 2.36. The zero-order valence-electron chi connectivity index (χ0n) is 19.6. The molecule has 4 rings (SSSR count). The minimum atomic E-state index is -3.73. The summed E-state index contributed by atoms with van der Waals surface area (Å²) in [7, 11) is -3.73. The van der Waals surface area contributed by atoms with Gasteiger partial charge in [0.1, 0.15) is 5.75 Å². The predicted molar refractivity (Wildman–Crippen MR) is 126 cm³/mol. The molecule has 2 N–H and O–H groups in total. The third-order valence-corrected chi connectivity index (χ3v) is 9.14. The van der Waals surface area contributed by atoms with Crippen molar-refractivity contribution in [3.8, 4) is 5.75 Å². The molecule has 2 fully saturated rings. The highest BCUT2D eigenvalue weighted by Gasteiger charge is 2.35. The van der Waals surface area contributed by atoms with Crippen molar-refractivity contribution in [1.82, 2.24) is 9.62 Å². The molecule has 9 heteroatoms. The number of aryl methyl sites for hydroxylation is 1. The molecule has 2 heterocycles. The first kappa shape index (κ1) is 24.0. The maximum absolute atomic E-state index is 13.4. The SMILES string of the molecule is Cc1cc2c(cc1S(=O)(=O)N1CCC(C(=O)NC3CCCCCCC3)CC1)O[C@H](C)C(=O)N2. The van der Waals surface area contributed by atoms with E-state index in [2.05, 4.69) is 10.6 Å². The number of benzene rings is 1. The molecular formula is C24H35N3O5S. The van der Waals surface area contributed by atoms with Gasteiger partial charge in [0.15, 0.2) is 6.10 Å². The van der Waals surface area contributed by atoms with E-state index in [1.807, 2.05) is 0 Å². The molecule has 182 valence electrons. The normalized spacial score (nSPS) is 23.6. The Morgan fingerprint density at radius 3 is 2.36 bits per heavy atom. The smallest absolute Gasteiger partial charge is 0.265 e. The van der Waals surface area contributed by atoms with Crippen molar-refractivity contribution in [3.05, 3.63) is 17.7 Å². The van der Waals surface area contributed by atoms with Crippen LogP contribution in [0.2, 0.25) is 0 Å². The Kier molecular flexibility index (Phi) is 7.28. The van der Waals surface area contributed by atoms with Gasteiger partial charge in [-0.05, 0) is 51.2 Å². The van der Waals surface area contributed by atoms with Crippen LogP contribution in [0.15, 0.2) is 17.0 Å². The van der Waals surface area contributed by atoms with E-state index in [0.29, 0.717) is 42.9 Å². The number of carbonyl (C=O) groups excluding carboxylic acids is 2. The second kappa shape index (κ2) is 10.0. The van der Waals surface area contributed by atoms with E-state index in [9.17, 15) is 18.0 Å². The molecular weight excluding hydrogens is 442 g/mol. The maximum atomic E-state index is 13.4. The van der Waals surface area contributed by atoms with Gasteiger partial charge in [0.05, 0.1) is 10.6 Å². The summed E-state index contributed by atoms with van der Waals surface area (Å²) in [5.74, 6) is 0.0311. The molecule has 1 aliphatic carbocycles. The summed E-state index contributed by atoms with van der Waals surface area (Å²) in [6.07, 6.45) is 8.52. The molecule has 0 spiro atoms. The lowest BCUT2D eigenvalue weighted by atomic mass is 9.94. The van der Waals surface area contributed by atoms with E-state index in [4.69, 9.17) is 4.74 Å². The predicted octanol–water partition coefficient (Wildman–Crippen LogP) is 3.34. The number of nitrogens with zero attached hydrogens (tertiary/aromatic N) is 1. The number of anilines is 1. The van der Waals surface area contributed by atoms with Gasteiger partial charge in [-0.1, -0.05) is 32.1 Å². The molecule has 1 aromatic rings. The number of nitrogens with one attached hydrogen (secondary N) is 2. The summed E-state index contributed by atoms with van der Waals surface area (Å²) in [4.78, 5) is 24.9. The van der Waals surface area contributed by atoms with Crippen molar-refractivity contribution >= 4 is 27.5 Å². The fourth-order valence-electron chi connectivity index (χ4n) is 5.04. The summed E-state index contributed by atoms with van der Waals surface area (Å²) < 4.78 is 33.8. The van der Waals surface area contributed by atoms with Gasteiger partial charge in [-0.15, -0.1) is 0 Å². The Morgan fingerprint density at radius 2 is 1.70 bits per heavy atom. The van der Waals surface area contributed by atoms with Crippen molar-refractivity contribution in [2.24, 2.45) is 5.92 Å². The lowest BCUT2D eigenvalue weighted by Gasteiger charge is -2.32. The molecule has 1 saturated heterocycles. The number of ether oxygens (including phenoxy) is 1. The highest BCUT2D eigenvalue weighted by molar-refractivity contribution is 7.89. The van der Waals surface area contributed by atoms with E-state index in [-0.39, 0.29) is 28.7 Å². The number of hydrogen-bond donors (Lipinski definition) is 2. The molecule has 1 atom stereocenters. The summed E-state index contributed by atoms with van der Waals surface area (Å²) in [6, 6.07) is 3.39. The van der Waals surface area contributed by atoms with Crippen LogP contribution in [0.1, 0.15) is 70.3 Å². The van der Waals surface area contributed by atoms with Crippen LogP contribution in [0.4, 0.5) is 5.69 Å². The topological polar surface area (TPSA) is 105 Å². The summed E-state index contributed by atoms with van der Waals surface area (Å²) >= 11 is 0. The van der Waals surface area contributed by atoms with Gasteiger partial charge in [0, 0.05) is 31.1 Å². The molecule has 2 aliphatic heterocycles. The first-order valence-electron chi connectivity index (χ1n) is 12.2. The monoisotopic (exact) mass is 477 g/mol. The van der Waals surface area contributed by atoms with Gasteiger partial charge >= 0.3 is 0 Å². The molecule has 0 aromatic heterocycles. The number of fused-ring (bicyclic) bond motifs is 1. The molecule has 8 nitrogen and oxygen atoms in total. The third kappa shape index (κ3) is 5.35. The highest BCUT2D eigenvalue weighted by atomic mass is 32.2. The zero-order valence-corrected chi connectivity index (χ0v) is 20.4. The molecule has 1 aromatic carbocycles. The van der Waals surface area contributed by atoms with Crippen LogP contribution in [0.3, 0.4) is 0 Å². The van der Waals surface area contributed by atoms with Crippen molar-refractivity contribution in [3.63, 3.8) is 0 Å². The van der Waals surface area contributed by atoms with E-state index >= 15 is 0 Å². The average molecular weight is 478 g/mol. The van der Waals surface area contributed by atoms with Crippen LogP contribution in [0.25, 0.3) is 0 Å². The molecule has 0 unspecified atom stereocenters.